The summed E-state index contributed by atoms with van der Waals surface area (Å²) in [7, 11) is 0. The molecule has 1 aromatic carbocycles. The molecule has 0 saturated heterocycles. The van der Waals surface area contributed by atoms with Gasteiger partial charge >= 0.3 is 6.09 Å². The van der Waals surface area contributed by atoms with Gasteiger partial charge in [-0.2, -0.15) is 0 Å². The van der Waals surface area contributed by atoms with Crippen molar-refractivity contribution >= 4 is 23.5 Å². The minimum Gasteiger partial charge on any atom is -0.444 e. The molecule has 1 heterocycles. The average Bonchev–Trinajstić information content (AvgIpc) is 2.49. The third-order valence-electron chi connectivity index (χ3n) is 2.50. The zero-order chi connectivity index (χ0) is 14.2. The second-order valence-corrected chi connectivity index (χ2v) is 5.36. The number of pyridine rings is 1. The number of carbonyl (C=O) groups excluding carboxylic acids is 1. The quantitative estimate of drug-likeness (QED) is 0.847. The molecule has 2 aromatic rings. The Morgan fingerprint density at radius 3 is 2.75 bits per heavy atom. The van der Waals surface area contributed by atoms with Crippen LogP contribution in [0, 0.1) is 0 Å². The number of amides is 1. The summed E-state index contributed by atoms with van der Waals surface area (Å²) in [6, 6.07) is 11.3. The molecule has 0 bridgehead atoms. The van der Waals surface area contributed by atoms with E-state index in [0.29, 0.717) is 0 Å². The second-order valence-electron chi connectivity index (χ2n) is 4.02. The molecule has 1 N–H and O–H groups in total. The van der Waals surface area contributed by atoms with E-state index < -0.39 is 6.09 Å². The Kier molecular flexibility index (Phi) is 5.43. The third-order valence-corrected chi connectivity index (χ3v) is 3.40. The Hall–Kier alpha value is -2.01. The van der Waals surface area contributed by atoms with Gasteiger partial charge in [0.2, 0.25) is 0 Å². The molecule has 104 valence electrons. The van der Waals surface area contributed by atoms with Crippen LogP contribution in [-0.2, 0) is 11.3 Å². The Bertz CT molecular complexity index is 544. The molecular weight excluding hydrogens is 272 g/mol. The van der Waals surface area contributed by atoms with Crippen LogP contribution in [0.4, 0.5) is 10.5 Å². The summed E-state index contributed by atoms with van der Waals surface area (Å²) in [5.41, 5.74) is 1.58. The van der Waals surface area contributed by atoms with Crippen molar-refractivity contribution in [2.45, 2.75) is 18.4 Å². The highest BCUT2D eigenvalue weighted by Crippen LogP contribution is 2.19. The van der Waals surface area contributed by atoms with Gasteiger partial charge in [0, 0.05) is 28.5 Å². The number of carbonyl (C=O) groups is 1. The number of anilines is 1. The predicted octanol–water partition coefficient (Wildman–Crippen LogP) is 3.94. The fourth-order valence-corrected chi connectivity index (χ4v) is 2.25. The molecule has 0 saturated carbocycles. The molecule has 0 aliphatic carbocycles. The van der Waals surface area contributed by atoms with Gasteiger partial charge in [0.05, 0.1) is 0 Å². The molecule has 0 radical (unpaired) electrons. The van der Waals surface area contributed by atoms with Crippen LogP contribution in [0.15, 0.2) is 53.7 Å². The lowest BCUT2D eigenvalue weighted by Crippen LogP contribution is -2.13. The van der Waals surface area contributed by atoms with Crippen LogP contribution in [0.1, 0.15) is 12.5 Å². The summed E-state index contributed by atoms with van der Waals surface area (Å²) in [6.45, 7) is 2.32. The van der Waals surface area contributed by atoms with Crippen LogP contribution in [0.5, 0.6) is 0 Å². The summed E-state index contributed by atoms with van der Waals surface area (Å²) >= 11 is 1.76. The van der Waals surface area contributed by atoms with E-state index in [9.17, 15) is 4.79 Å². The Morgan fingerprint density at radius 1 is 1.30 bits per heavy atom. The van der Waals surface area contributed by atoms with E-state index in [-0.39, 0.29) is 6.61 Å². The molecular formula is C15H16N2O2S. The van der Waals surface area contributed by atoms with Crippen LogP contribution < -0.4 is 5.32 Å². The molecule has 20 heavy (non-hydrogen) atoms. The maximum Gasteiger partial charge on any atom is 0.411 e. The highest BCUT2D eigenvalue weighted by atomic mass is 32.2. The molecule has 2 rings (SSSR count). The lowest BCUT2D eigenvalue weighted by atomic mass is 10.3. The van der Waals surface area contributed by atoms with Gasteiger partial charge in [-0.1, -0.05) is 13.0 Å². The molecule has 4 nitrogen and oxygen atoms in total. The van der Waals surface area contributed by atoms with Gasteiger partial charge in [-0.05, 0) is 36.1 Å². The number of thioether (sulfide) groups is 1. The van der Waals surface area contributed by atoms with Crippen molar-refractivity contribution in [2.24, 2.45) is 0 Å². The Labute approximate surface area is 122 Å². The van der Waals surface area contributed by atoms with E-state index in [1.54, 1.807) is 30.2 Å². The van der Waals surface area contributed by atoms with Crippen molar-refractivity contribution < 1.29 is 9.53 Å². The number of ether oxygens (including phenoxy) is 1. The highest BCUT2D eigenvalue weighted by molar-refractivity contribution is 7.99. The van der Waals surface area contributed by atoms with E-state index in [4.69, 9.17) is 4.74 Å². The number of nitrogens with zero attached hydrogens (tertiary/aromatic N) is 1. The molecule has 0 unspecified atom stereocenters. The van der Waals surface area contributed by atoms with Crippen molar-refractivity contribution in [1.29, 1.82) is 0 Å². The standard InChI is InChI=1S/C15H16N2O2S/c1-2-20-14-7-5-13(6-8-14)17-15(18)19-11-12-4-3-9-16-10-12/h3-10H,2,11H2,1H3,(H,17,18). The molecule has 0 aliphatic rings. The van der Waals surface area contributed by atoms with Gasteiger partial charge in [0.1, 0.15) is 6.61 Å². The normalized spacial score (nSPS) is 10.1. The van der Waals surface area contributed by atoms with Gasteiger partial charge in [0.25, 0.3) is 0 Å². The van der Waals surface area contributed by atoms with Gasteiger partial charge in [-0.3, -0.25) is 10.3 Å². The largest absolute Gasteiger partial charge is 0.444 e. The van der Waals surface area contributed by atoms with Crippen LogP contribution in [0.3, 0.4) is 0 Å². The highest BCUT2D eigenvalue weighted by Gasteiger charge is 2.03. The summed E-state index contributed by atoms with van der Waals surface area (Å²) in [5, 5.41) is 2.69. The summed E-state index contributed by atoms with van der Waals surface area (Å²) in [5.74, 6) is 1.03. The SMILES string of the molecule is CCSc1ccc(NC(=O)OCc2cccnc2)cc1. The second kappa shape index (κ2) is 7.55. The number of benzene rings is 1. The zero-order valence-corrected chi connectivity index (χ0v) is 12.0. The van der Waals surface area contributed by atoms with Crippen molar-refractivity contribution in [3.05, 3.63) is 54.4 Å². The first kappa shape index (κ1) is 14.4. The first-order valence-corrected chi connectivity index (χ1v) is 7.32. The third kappa shape index (κ3) is 4.59. The zero-order valence-electron chi connectivity index (χ0n) is 11.2. The van der Waals surface area contributed by atoms with Crippen LogP contribution in [0.2, 0.25) is 0 Å². The van der Waals surface area contributed by atoms with Crippen LogP contribution in [-0.4, -0.2) is 16.8 Å². The maximum atomic E-state index is 11.6. The maximum absolute atomic E-state index is 11.6. The van der Waals surface area contributed by atoms with Crippen molar-refractivity contribution in [3.63, 3.8) is 0 Å². The Morgan fingerprint density at radius 2 is 2.10 bits per heavy atom. The summed E-state index contributed by atoms with van der Waals surface area (Å²) < 4.78 is 5.11. The lowest BCUT2D eigenvalue weighted by Gasteiger charge is -2.07. The minimum absolute atomic E-state index is 0.212. The average molecular weight is 288 g/mol. The number of rotatable bonds is 5. The minimum atomic E-state index is -0.468. The van der Waals surface area contributed by atoms with Crippen LogP contribution >= 0.6 is 11.8 Å². The van der Waals surface area contributed by atoms with E-state index in [2.05, 4.69) is 17.2 Å². The smallest absolute Gasteiger partial charge is 0.411 e. The first-order valence-electron chi connectivity index (χ1n) is 6.33. The number of hydrogen-bond acceptors (Lipinski definition) is 4. The monoisotopic (exact) mass is 288 g/mol. The van der Waals surface area contributed by atoms with Crippen molar-refractivity contribution in [3.8, 4) is 0 Å². The summed E-state index contributed by atoms with van der Waals surface area (Å²) in [6.07, 6.45) is 2.88. The van der Waals surface area contributed by atoms with E-state index >= 15 is 0 Å². The molecule has 1 amide bonds. The number of hydrogen-bond donors (Lipinski definition) is 1. The van der Waals surface area contributed by atoms with E-state index in [0.717, 1.165) is 17.0 Å². The van der Waals surface area contributed by atoms with Crippen molar-refractivity contribution in [2.75, 3.05) is 11.1 Å². The Balaban J connectivity index is 1.82. The van der Waals surface area contributed by atoms with Gasteiger partial charge in [0.15, 0.2) is 0 Å². The predicted molar refractivity (Wildman–Crippen MR) is 80.9 cm³/mol. The topological polar surface area (TPSA) is 51.2 Å². The first-order chi connectivity index (χ1) is 9.78. The fraction of sp³-hybridized carbons (Fsp3) is 0.200. The lowest BCUT2D eigenvalue weighted by molar-refractivity contribution is 0.155. The van der Waals surface area contributed by atoms with Crippen LogP contribution in [0.25, 0.3) is 0 Å². The molecule has 5 heteroatoms. The number of aromatic nitrogens is 1. The number of nitrogens with one attached hydrogen (secondary N) is 1. The fourth-order valence-electron chi connectivity index (χ4n) is 1.59. The molecule has 0 fully saturated rings. The molecule has 0 aliphatic heterocycles. The molecule has 0 spiro atoms. The van der Waals surface area contributed by atoms with Crippen molar-refractivity contribution in [1.82, 2.24) is 4.98 Å². The van der Waals surface area contributed by atoms with Gasteiger partial charge in [-0.25, -0.2) is 4.79 Å². The van der Waals surface area contributed by atoms with E-state index in [1.807, 2.05) is 30.3 Å². The molecule has 1 aromatic heterocycles. The molecule has 0 atom stereocenters. The summed E-state index contributed by atoms with van der Waals surface area (Å²) in [4.78, 5) is 16.8. The van der Waals surface area contributed by atoms with Gasteiger partial charge < -0.3 is 4.74 Å². The van der Waals surface area contributed by atoms with Gasteiger partial charge in [-0.15, -0.1) is 11.8 Å². The van der Waals surface area contributed by atoms with E-state index in [1.165, 1.54) is 4.90 Å².